The minimum Gasteiger partial charge on any atom is 1.00 e. The number of hydrogen-bond donors (Lipinski definition) is 0. The van der Waals surface area contributed by atoms with E-state index in [2.05, 4.69) is 2.84 Å². The van der Waals surface area contributed by atoms with Crippen LogP contribution in [-0.2, 0) is 45.3 Å². The van der Waals surface area contributed by atoms with Crippen LogP contribution in [0.3, 0.4) is 0 Å². The molecule has 0 fully saturated rings. The molecule has 11 heteroatoms. The fourth-order valence-electron chi connectivity index (χ4n) is 0.102. The maximum atomic E-state index is 9.38. The van der Waals surface area contributed by atoms with Crippen molar-refractivity contribution in [2.75, 3.05) is 0 Å². The van der Waals surface area contributed by atoms with Crippen LogP contribution in [0.5, 0.6) is 0 Å². The molecule has 0 saturated carbocycles. The van der Waals surface area contributed by atoms with Gasteiger partial charge >= 0.3 is 170 Å². The zero-order valence-electron chi connectivity index (χ0n) is 5.67. The van der Waals surface area contributed by atoms with Crippen molar-refractivity contribution >= 4 is 0 Å². The molecule has 0 unspecified atom stereocenters. The van der Waals surface area contributed by atoms with E-state index in [1.54, 1.807) is 0 Å². The van der Waals surface area contributed by atoms with Crippen LogP contribution in [0.25, 0.3) is 0 Å². The van der Waals surface area contributed by atoms with Gasteiger partial charge in [0.1, 0.15) is 0 Å². The molecule has 0 aliphatic heterocycles. The predicted molar refractivity (Wildman–Crippen MR) is 3.83 cm³/mol. The first-order valence-electron chi connectivity index (χ1n) is 1.33. The van der Waals surface area contributed by atoms with E-state index in [4.69, 9.17) is 0 Å². The molecular weight excluding hydrogens is 387 g/mol. The van der Waals surface area contributed by atoms with Crippen LogP contribution in [-0.4, -0.2) is 0 Å². The van der Waals surface area contributed by atoms with E-state index in [1.807, 2.05) is 0 Å². The summed E-state index contributed by atoms with van der Waals surface area (Å²) >= 11 is -12.1. The molecule has 0 aromatic carbocycles. The van der Waals surface area contributed by atoms with Crippen molar-refractivity contribution in [3.8, 4) is 0 Å². The summed E-state index contributed by atoms with van der Waals surface area (Å²) in [4.78, 5) is 0. The molecule has 7 nitrogen and oxygen atoms in total. The second-order valence-electron chi connectivity index (χ2n) is 0.885. The SMILES string of the molecule is [O]=[Cr](=[O])([O-])[O][Cr](=[O])(=[O])[O-].[Rb+].[Rb+]. The summed E-state index contributed by atoms with van der Waals surface area (Å²) in [5.74, 6) is 0. The summed E-state index contributed by atoms with van der Waals surface area (Å²) < 4.78 is 58.9. The Morgan fingerprint density at radius 1 is 0.818 bits per heavy atom. The minimum atomic E-state index is -6.07. The van der Waals surface area contributed by atoms with E-state index in [0.29, 0.717) is 0 Å². The van der Waals surface area contributed by atoms with Crippen molar-refractivity contribution in [1.82, 2.24) is 0 Å². The third-order valence-electron chi connectivity index (χ3n) is 0.167. The van der Waals surface area contributed by atoms with E-state index < -0.39 is 27.2 Å². The molecule has 0 rings (SSSR count). The zero-order chi connectivity index (χ0) is 7.71. The van der Waals surface area contributed by atoms with Gasteiger partial charge < -0.3 is 0 Å². The second kappa shape index (κ2) is 7.97. The molecule has 0 saturated heterocycles. The zero-order valence-corrected chi connectivity index (χ0v) is 18.1. The standard InChI is InChI=1S/2Cr.7O.2Rb/q;;;;;;;2*-1;2*+1. The third kappa shape index (κ3) is 20.0. The van der Waals surface area contributed by atoms with Gasteiger partial charge in [-0.1, -0.05) is 0 Å². The Labute approximate surface area is 165 Å². The van der Waals surface area contributed by atoms with Crippen LogP contribution in [0, 0.1) is 0 Å². The first-order chi connectivity index (χ1) is 3.71. The fraction of sp³-hybridized carbons (Fsp3) is 0. The molecule has 11 heavy (non-hydrogen) atoms. The Bertz CT molecular complexity index is 240. The van der Waals surface area contributed by atoms with Crippen molar-refractivity contribution in [3.63, 3.8) is 0 Å². The summed E-state index contributed by atoms with van der Waals surface area (Å²) in [6, 6.07) is 0. The Kier molecular flexibility index (Phi) is 14.6. The molecule has 0 heterocycles. The van der Waals surface area contributed by atoms with Gasteiger partial charge in [-0.25, -0.2) is 0 Å². The Balaban J connectivity index is -0.000000320. The van der Waals surface area contributed by atoms with Crippen molar-refractivity contribution in [1.29, 1.82) is 0 Å². The van der Waals surface area contributed by atoms with Crippen LogP contribution in [0.4, 0.5) is 0 Å². The van der Waals surface area contributed by atoms with Crippen LogP contribution >= 0.6 is 0 Å². The number of rotatable bonds is 2. The first-order valence-corrected chi connectivity index (χ1v) is 5.50. The van der Waals surface area contributed by atoms with Gasteiger partial charge in [0, 0.05) is 0 Å². The largest absolute Gasteiger partial charge is 1.00 e. The third-order valence-corrected chi connectivity index (χ3v) is 2.83. The van der Waals surface area contributed by atoms with E-state index in [1.165, 1.54) is 0 Å². The normalized spacial score (nSPS) is 11.1. The van der Waals surface area contributed by atoms with E-state index in [9.17, 15) is 23.5 Å². The second-order valence-corrected chi connectivity index (χ2v) is 4.52. The maximum absolute atomic E-state index is 9.38. The summed E-state index contributed by atoms with van der Waals surface area (Å²) in [6.45, 7) is 0. The Morgan fingerprint density at radius 2 is 1.00 bits per heavy atom. The quantitative estimate of drug-likeness (QED) is 0.461. The topological polar surface area (TPSA) is 124 Å². The van der Waals surface area contributed by atoms with Crippen molar-refractivity contribution in [2.45, 2.75) is 0 Å². The average Bonchev–Trinajstić information content (AvgIpc) is 1.14. The van der Waals surface area contributed by atoms with Crippen molar-refractivity contribution in [3.05, 3.63) is 0 Å². The summed E-state index contributed by atoms with van der Waals surface area (Å²) in [5.41, 5.74) is 0. The Morgan fingerprint density at radius 3 is 1.00 bits per heavy atom. The van der Waals surface area contributed by atoms with Gasteiger partial charge in [-0.05, 0) is 0 Å². The van der Waals surface area contributed by atoms with Gasteiger partial charge in [0.25, 0.3) is 0 Å². The molecule has 0 N–H and O–H groups in total. The predicted octanol–water partition coefficient (Wildman–Crippen LogP) is -8.92. The van der Waals surface area contributed by atoms with Gasteiger partial charge in [0.05, 0.1) is 0 Å². The van der Waals surface area contributed by atoms with Crippen LogP contribution in [0.15, 0.2) is 0 Å². The molecule has 0 atom stereocenters. The Hall–Kier alpha value is 3.76. The molecule has 0 amide bonds. The van der Waals surface area contributed by atoms with Gasteiger partial charge in [-0.15, -0.1) is 0 Å². The van der Waals surface area contributed by atoms with Crippen LogP contribution in [0.2, 0.25) is 0 Å². The fourth-order valence-corrected chi connectivity index (χ4v) is 1.74. The van der Waals surface area contributed by atoms with E-state index in [-0.39, 0.29) is 116 Å². The molecule has 0 aliphatic rings. The van der Waals surface area contributed by atoms with Gasteiger partial charge in [0.15, 0.2) is 0 Å². The molecule has 56 valence electrons. The molecule has 0 aromatic rings. The van der Waals surface area contributed by atoms with E-state index >= 15 is 0 Å². The molecule has 0 spiro atoms. The van der Waals surface area contributed by atoms with Gasteiger partial charge in [0.2, 0.25) is 0 Å². The van der Waals surface area contributed by atoms with Gasteiger partial charge in [-0.2, -0.15) is 0 Å². The molecule has 0 radical (unpaired) electrons. The minimum absolute atomic E-state index is 0. The molecular formula is Cr2O7Rb2. The molecule has 0 aliphatic carbocycles. The van der Waals surface area contributed by atoms with Gasteiger partial charge in [-0.3, -0.25) is 0 Å². The summed E-state index contributed by atoms with van der Waals surface area (Å²) in [5, 5.41) is 0. The van der Waals surface area contributed by atoms with Crippen LogP contribution < -0.4 is 125 Å². The van der Waals surface area contributed by atoms with E-state index in [0.717, 1.165) is 0 Å². The average molecular weight is 387 g/mol. The van der Waals surface area contributed by atoms with Crippen molar-refractivity contribution < 1.29 is 170 Å². The number of hydrogen-bond acceptors (Lipinski definition) is 7. The monoisotopic (exact) mass is 386 g/mol. The maximum Gasteiger partial charge on any atom is 1.00 e. The summed E-state index contributed by atoms with van der Waals surface area (Å²) in [7, 11) is 0. The van der Waals surface area contributed by atoms with Crippen molar-refractivity contribution in [2.24, 2.45) is 0 Å². The molecule has 0 bridgehead atoms. The summed E-state index contributed by atoms with van der Waals surface area (Å²) in [6.07, 6.45) is 0. The first kappa shape index (κ1) is 20.2. The smallest absolute Gasteiger partial charge is 1.00 e. The molecule has 0 aromatic heterocycles. The van der Waals surface area contributed by atoms with Crippen LogP contribution in [0.1, 0.15) is 0 Å².